The average Bonchev–Trinajstić information content (AvgIpc) is 2.41. The van der Waals surface area contributed by atoms with Crippen molar-refractivity contribution in [1.29, 1.82) is 0 Å². The maximum Gasteiger partial charge on any atom is 0.253 e. The van der Waals surface area contributed by atoms with Crippen molar-refractivity contribution < 1.29 is 4.79 Å². The molecule has 0 bridgehead atoms. The molecule has 0 atom stereocenters. The SMILES string of the molecule is CC(C)(C)N1CCC(NC(=O)c2cc(Cl)ncc2Cl)CC1. The van der Waals surface area contributed by atoms with E-state index >= 15 is 0 Å². The van der Waals surface area contributed by atoms with Gasteiger partial charge < -0.3 is 5.32 Å². The standard InChI is InChI=1S/C15H21Cl2N3O/c1-15(2,3)20-6-4-10(5-7-20)19-14(21)11-8-13(17)18-9-12(11)16/h8-10H,4-7H2,1-3H3,(H,19,21). The Balaban J connectivity index is 1.94. The summed E-state index contributed by atoms with van der Waals surface area (Å²) in [4.78, 5) is 18.6. The topological polar surface area (TPSA) is 45.2 Å². The van der Waals surface area contributed by atoms with Gasteiger partial charge in [-0.2, -0.15) is 0 Å². The molecule has 1 fully saturated rings. The minimum atomic E-state index is -0.182. The lowest BCUT2D eigenvalue weighted by atomic mass is 9.98. The molecule has 0 unspecified atom stereocenters. The lowest BCUT2D eigenvalue weighted by Gasteiger charge is -2.41. The van der Waals surface area contributed by atoms with Gasteiger partial charge in [0.05, 0.1) is 10.6 Å². The maximum absolute atomic E-state index is 12.3. The second-order valence-electron chi connectivity index (χ2n) is 6.39. The predicted octanol–water partition coefficient (Wildman–Crippen LogP) is 3.38. The Hall–Kier alpha value is -0.840. The van der Waals surface area contributed by atoms with Crippen molar-refractivity contribution in [3.63, 3.8) is 0 Å². The highest BCUT2D eigenvalue weighted by atomic mass is 35.5. The van der Waals surface area contributed by atoms with Crippen LogP contribution in [0.1, 0.15) is 44.0 Å². The molecule has 0 aliphatic carbocycles. The van der Waals surface area contributed by atoms with Crippen LogP contribution < -0.4 is 5.32 Å². The van der Waals surface area contributed by atoms with Crippen LogP contribution in [-0.4, -0.2) is 40.5 Å². The summed E-state index contributed by atoms with van der Waals surface area (Å²) in [6.07, 6.45) is 3.29. The number of likely N-dealkylation sites (tertiary alicyclic amines) is 1. The van der Waals surface area contributed by atoms with Crippen LogP contribution >= 0.6 is 23.2 Å². The van der Waals surface area contributed by atoms with E-state index in [9.17, 15) is 4.79 Å². The fourth-order valence-electron chi connectivity index (χ4n) is 2.54. The van der Waals surface area contributed by atoms with Crippen molar-refractivity contribution in [1.82, 2.24) is 15.2 Å². The summed E-state index contributed by atoms with van der Waals surface area (Å²) in [5.74, 6) is -0.182. The molecule has 1 aromatic rings. The molecular weight excluding hydrogens is 309 g/mol. The minimum Gasteiger partial charge on any atom is -0.349 e. The number of halogens is 2. The smallest absolute Gasteiger partial charge is 0.253 e. The van der Waals surface area contributed by atoms with E-state index in [2.05, 4.69) is 36.0 Å². The average molecular weight is 330 g/mol. The van der Waals surface area contributed by atoms with Crippen LogP contribution in [-0.2, 0) is 0 Å². The fourth-order valence-corrected chi connectivity index (χ4v) is 2.89. The van der Waals surface area contributed by atoms with Gasteiger partial charge in [-0.05, 0) is 39.7 Å². The summed E-state index contributed by atoms with van der Waals surface area (Å²) in [7, 11) is 0. The molecule has 21 heavy (non-hydrogen) atoms. The van der Waals surface area contributed by atoms with E-state index in [0.29, 0.717) is 10.6 Å². The normalized spacial score (nSPS) is 17.8. The van der Waals surface area contributed by atoms with E-state index < -0.39 is 0 Å². The number of hydrogen-bond donors (Lipinski definition) is 1. The van der Waals surface area contributed by atoms with Gasteiger partial charge in [0.1, 0.15) is 5.15 Å². The van der Waals surface area contributed by atoms with Crippen LogP contribution in [0.2, 0.25) is 10.2 Å². The minimum absolute atomic E-state index is 0.177. The molecule has 2 heterocycles. The molecule has 0 spiro atoms. The zero-order valence-electron chi connectivity index (χ0n) is 12.6. The summed E-state index contributed by atoms with van der Waals surface area (Å²) in [5.41, 5.74) is 0.562. The Morgan fingerprint density at radius 1 is 1.33 bits per heavy atom. The molecule has 0 radical (unpaired) electrons. The maximum atomic E-state index is 12.3. The second-order valence-corrected chi connectivity index (χ2v) is 7.19. The van der Waals surface area contributed by atoms with Crippen LogP contribution in [0.5, 0.6) is 0 Å². The summed E-state index contributed by atoms with van der Waals surface area (Å²) in [6.45, 7) is 8.61. The third kappa shape index (κ3) is 4.31. The predicted molar refractivity (Wildman–Crippen MR) is 86.1 cm³/mol. The van der Waals surface area contributed by atoms with E-state index in [4.69, 9.17) is 23.2 Å². The number of pyridine rings is 1. The first kappa shape index (κ1) is 16.5. The van der Waals surface area contributed by atoms with Gasteiger partial charge in [0.2, 0.25) is 0 Å². The monoisotopic (exact) mass is 329 g/mol. The van der Waals surface area contributed by atoms with Crippen molar-refractivity contribution >= 4 is 29.1 Å². The van der Waals surface area contributed by atoms with Crippen molar-refractivity contribution in [2.24, 2.45) is 0 Å². The van der Waals surface area contributed by atoms with Gasteiger partial charge in [-0.3, -0.25) is 9.69 Å². The van der Waals surface area contributed by atoms with Gasteiger partial charge in [0, 0.05) is 30.9 Å². The van der Waals surface area contributed by atoms with Gasteiger partial charge in [0.25, 0.3) is 5.91 Å². The highest BCUT2D eigenvalue weighted by Gasteiger charge is 2.28. The fraction of sp³-hybridized carbons (Fsp3) is 0.600. The highest BCUT2D eigenvalue weighted by molar-refractivity contribution is 6.35. The number of amides is 1. The molecule has 116 valence electrons. The zero-order chi connectivity index (χ0) is 15.6. The number of hydrogen-bond acceptors (Lipinski definition) is 3. The molecule has 1 aromatic heterocycles. The second kappa shape index (κ2) is 6.51. The van der Waals surface area contributed by atoms with Crippen LogP contribution in [0, 0.1) is 0 Å². The molecule has 1 amide bonds. The third-order valence-electron chi connectivity index (χ3n) is 3.85. The first-order valence-corrected chi connectivity index (χ1v) is 7.90. The molecule has 1 N–H and O–H groups in total. The van der Waals surface area contributed by atoms with E-state index in [-0.39, 0.29) is 22.6 Å². The van der Waals surface area contributed by atoms with Gasteiger partial charge in [0.15, 0.2) is 0 Å². The van der Waals surface area contributed by atoms with Crippen molar-refractivity contribution in [2.75, 3.05) is 13.1 Å². The van der Waals surface area contributed by atoms with Crippen LogP contribution in [0.4, 0.5) is 0 Å². The molecule has 0 saturated carbocycles. The van der Waals surface area contributed by atoms with Gasteiger partial charge in [-0.15, -0.1) is 0 Å². The van der Waals surface area contributed by atoms with Crippen molar-refractivity contribution in [2.45, 2.75) is 45.2 Å². The quantitative estimate of drug-likeness (QED) is 0.846. The Morgan fingerprint density at radius 2 is 1.95 bits per heavy atom. The van der Waals surface area contributed by atoms with Crippen LogP contribution in [0.25, 0.3) is 0 Å². The molecule has 6 heteroatoms. The number of nitrogens with zero attached hydrogens (tertiary/aromatic N) is 2. The van der Waals surface area contributed by atoms with Crippen molar-refractivity contribution in [3.05, 3.63) is 28.0 Å². The lowest BCUT2D eigenvalue weighted by molar-refractivity contribution is 0.0812. The van der Waals surface area contributed by atoms with E-state index in [1.54, 1.807) is 0 Å². The van der Waals surface area contributed by atoms with Crippen molar-refractivity contribution in [3.8, 4) is 0 Å². The molecule has 4 nitrogen and oxygen atoms in total. The van der Waals surface area contributed by atoms with E-state index in [1.165, 1.54) is 12.3 Å². The Labute approximate surface area is 135 Å². The van der Waals surface area contributed by atoms with E-state index in [1.807, 2.05) is 0 Å². The molecule has 1 saturated heterocycles. The number of aromatic nitrogens is 1. The number of carbonyl (C=O) groups is 1. The van der Waals surface area contributed by atoms with Crippen LogP contribution in [0.15, 0.2) is 12.3 Å². The summed E-state index contributed by atoms with van der Waals surface area (Å²) in [6, 6.07) is 1.68. The third-order valence-corrected chi connectivity index (χ3v) is 4.35. The first-order chi connectivity index (χ1) is 9.77. The van der Waals surface area contributed by atoms with Gasteiger partial charge >= 0.3 is 0 Å². The summed E-state index contributed by atoms with van der Waals surface area (Å²) >= 11 is 11.8. The van der Waals surface area contributed by atoms with Gasteiger partial charge in [-0.25, -0.2) is 4.98 Å². The molecule has 0 aromatic carbocycles. The number of carbonyl (C=O) groups excluding carboxylic acids is 1. The largest absolute Gasteiger partial charge is 0.349 e. The number of nitrogens with one attached hydrogen (secondary N) is 1. The summed E-state index contributed by atoms with van der Waals surface area (Å²) < 4.78 is 0. The Bertz CT molecular complexity index is 520. The Kier molecular flexibility index (Phi) is 5.12. The van der Waals surface area contributed by atoms with Crippen LogP contribution in [0.3, 0.4) is 0 Å². The molecule has 1 aliphatic heterocycles. The molecule has 2 rings (SSSR count). The van der Waals surface area contributed by atoms with Gasteiger partial charge in [-0.1, -0.05) is 23.2 Å². The Morgan fingerprint density at radius 3 is 2.52 bits per heavy atom. The zero-order valence-corrected chi connectivity index (χ0v) is 14.1. The lowest BCUT2D eigenvalue weighted by Crippen LogP contribution is -2.50. The van der Waals surface area contributed by atoms with E-state index in [0.717, 1.165) is 25.9 Å². The summed E-state index contributed by atoms with van der Waals surface area (Å²) in [5, 5.41) is 3.63. The number of rotatable bonds is 2. The highest BCUT2D eigenvalue weighted by Crippen LogP contribution is 2.22. The number of piperidine rings is 1. The first-order valence-electron chi connectivity index (χ1n) is 7.14. The molecular formula is C15H21Cl2N3O. The molecule has 1 aliphatic rings.